The minimum Gasteiger partial charge on any atom is -0.478 e. The number of hydrogen-bond acceptors (Lipinski definition) is 3. The van der Waals surface area contributed by atoms with E-state index in [1.807, 2.05) is 0 Å². The van der Waals surface area contributed by atoms with Crippen molar-refractivity contribution in [2.24, 2.45) is 0 Å². The third-order valence-electron chi connectivity index (χ3n) is 2.74. The molecule has 3 nitrogen and oxygen atoms in total. The Bertz CT molecular complexity index is 569. The summed E-state index contributed by atoms with van der Waals surface area (Å²) in [6, 6.07) is 7.40. The van der Waals surface area contributed by atoms with Crippen LogP contribution in [0.2, 0.25) is 0 Å². The first-order valence-electron chi connectivity index (χ1n) is 5.86. The Hall–Kier alpha value is -1.33. The fraction of sp³-hybridized carbons (Fsp3) is 0.214. The number of rotatable bonds is 5. The van der Waals surface area contributed by atoms with Crippen LogP contribution < -0.4 is 5.32 Å². The number of hydrogen-bond donors (Lipinski definition) is 2. The summed E-state index contributed by atoms with van der Waals surface area (Å²) in [6.07, 6.45) is 0.941. The molecule has 0 saturated heterocycles. The van der Waals surface area contributed by atoms with Crippen LogP contribution in [0, 0.1) is 0 Å². The molecule has 0 aliphatic rings. The molecular formula is C14H14BrNO2S. The summed E-state index contributed by atoms with van der Waals surface area (Å²) in [5.41, 5.74) is 2.50. The molecule has 1 unspecified atom stereocenters. The van der Waals surface area contributed by atoms with Crippen LogP contribution in [0.15, 0.2) is 39.5 Å². The molecular weight excluding hydrogens is 326 g/mol. The van der Waals surface area contributed by atoms with E-state index in [4.69, 9.17) is 5.11 Å². The van der Waals surface area contributed by atoms with Crippen molar-refractivity contribution in [2.75, 3.05) is 5.32 Å². The minimum absolute atomic E-state index is 0.279. The van der Waals surface area contributed by atoms with Crippen LogP contribution in [0.5, 0.6) is 0 Å². The van der Waals surface area contributed by atoms with Crippen LogP contribution in [0.3, 0.4) is 0 Å². The van der Waals surface area contributed by atoms with E-state index in [0.717, 1.165) is 16.6 Å². The van der Waals surface area contributed by atoms with E-state index in [-0.39, 0.29) is 11.6 Å². The molecule has 0 radical (unpaired) electrons. The molecule has 2 N–H and O–H groups in total. The summed E-state index contributed by atoms with van der Waals surface area (Å²) in [5.74, 6) is -0.918. The van der Waals surface area contributed by atoms with Crippen molar-refractivity contribution >= 4 is 38.9 Å². The molecule has 0 spiro atoms. The van der Waals surface area contributed by atoms with Crippen LogP contribution in [-0.4, -0.2) is 17.1 Å². The van der Waals surface area contributed by atoms with Gasteiger partial charge in [0.15, 0.2) is 0 Å². The van der Waals surface area contributed by atoms with Gasteiger partial charge in [-0.2, -0.15) is 11.3 Å². The van der Waals surface area contributed by atoms with Crippen molar-refractivity contribution in [1.29, 1.82) is 0 Å². The molecule has 1 aromatic carbocycles. The molecule has 2 rings (SSSR count). The van der Waals surface area contributed by atoms with Crippen LogP contribution in [0.4, 0.5) is 5.69 Å². The zero-order valence-electron chi connectivity index (χ0n) is 10.4. The Kier molecular flexibility index (Phi) is 4.61. The lowest BCUT2D eigenvalue weighted by Crippen LogP contribution is -2.18. The van der Waals surface area contributed by atoms with E-state index >= 15 is 0 Å². The molecule has 0 aliphatic carbocycles. The molecule has 0 fully saturated rings. The Morgan fingerprint density at radius 1 is 1.47 bits per heavy atom. The van der Waals surface area contributed by atoms with Gasteiger partial charge in [-0.15, -0.1) is 0 Å². The zero-order valence-corrected chi connectivity index (χ0v) is 12.8. The highest BCUT2D eigenvalue weighted by atomic mass is 79.9. The van der Waals surface area contributed by atoms with Crippen LogP contribution >= 0.6 is 27.3 Å². The smallest absolute Gasteiger partial charge is 0.335 e. The van der Waals surface area contributed by atoms with E-state index in [9.17, 15) is 4.79 Å². The van der Waals surface area contributed by atoms with Gasteiger partial charge < -0.3 is 10.4 Å². The first-order valence-corrected chi connectivity index (χ1v) is 7.60. The van der Waals surface area contributed by atoms with Crippen molar-refractivity contribution < 1.29 is 9.90 Å². The summed E-state index contributed by atoms with van der Waals surface area (Å²) in [7, 11) is 0. The van der Waals surface area contributed by atoms with E-state index in [2.05, 4.69) is 45.0 Å². The van der Waals surface area contributed by atoms with Gasteiger partial charge in [0.1, 0.15) is 0 Å². The highest BCUT2D eigenvalue weighted by Gasteiger charge is 2.09. The highest BCUT2D eigenvalue weighted by Crippen LogP contribution is 2.25. The second-order valence-corrected chi connectivity index (χ2v) is 6.02. The minimum atomic E-state index is -0.918. The maximum absolute atomic E-state index is 10.9. The molecule has 1 atom stereocenters. The van der Waals surface area contributed by atoms with Gasteiger partial charge in [0.25, 0.3) is 0 Å². The summed E-state index contributed by atoms with van der Waals surface area (Å²) >= 11 is 5.09. The summed E-state index contributed by atoms with van der Waals surface area (Å²) in [6.45, 7) is 2.11. The topological polar surface area (TPSA) is 49.3 Å². The Balaban J connectivity index is 2.04. The lowest BCUT2D eigenvalue weighted by molar-refractivity contribution is 0.0697. The summed E-state index contributed by atoms with van der Waals surface area (Å²) in [5, 5.41) is 16.5. The zero-order chi connectivity index (χ0) is 13.8. The van der Waals surface area contributed by atoms with Crippen molar-refractivity contribution in [3.05, 3.63) is 50.6 Å². The van der Waals surface area contributed by atoms with Gasteiger partial charge in [0, 0.05) is 16.2 Å². The van der Waals surface area contributed by atoms with Gasteiger partial charge in [0.2, 0.25) is 0 Å². The summed E-state index contributed by atoms with van der Waals surface area (Å²) in [4.78, 5) is 10.9. The number of thiophene rings is 1. The lowest BCUT2D eigenvalue weighted by Gasteiger charge is -2.16. The Morgan fingerprint density at radius 3 is 2.84 bits per heavy atom. The van der Waals surface area contributed by atoms with Gasteiger partial charge >= 0.3 is 5.97 Å². The summed E-state index contributed by atoms with van der Waals surface area (Å²) < 4.78 is 0.768. The fourth-order valence-electron chi connectivity index (χ4n) is 1.84. The molecule has 5 heteroatoms. The second-order valence-electron chi connectivity index (χ2n) is 4.38. The number of halogens is 1. The first-order chi connectivity index (χ1) is 9.06. The largest absolute Gasteiger partial charge is 0.478 e. The van der Waals surface area contributed by atoms with E-state index in [0.29, 0.717) is 0 Å². The Labute approximate surface area is 124 Å². The van der Waals surface area contributed by atoms with Gasteiger partial charge in [0.05, 0.1) is 5.56 Å². The number of carboxylic acid groups (broad SMARTS) is 1. The molecule has 1 aromatic heterocycles. The van der Waals surface area contributed by atoms with Crippen LogP contribution in [0.1, 0.15) is 22.8 Å². The van der Waals surface area contributed by atoms with Gasteiger partial charge in [-0.05, 0) is 69.9 Å². The molecule has 0 bridgehead atoms. The second kappa shape index (κ2) is 6.21. The van der Waals surface area contributed by atoms with Gasteiger partial charge in [-0.3, -0.25) is 0 Å². The normalized spacial score (nSPS) is 12.1. The number of anilines is 1. The number of aromatic carboxylic acids is 1. The van der Waals surface area contributed by atoms with E-state index < -0.39 is 5.97 Å². The average molecular weight is 340 g/mol. The number of nitrogens with one attached hydrogen (secondary N) is 1. The standard InChI is InChI=1S/C14H14BrNO2S/c1-9(6-10-4-5-19-8-10)16-13-3-2-11(14(17)18)7-12(13)15/h2-5,7-9,16H,6H2,1H3,(H,17,18). The lowest BCUT2D eigenvalue weighted by atomic mass is 10.1. The third-order valence-corrected chi connectivity index (χ3v) is 4.13. The quantitative estimate of drug-likeness (QED) is 0.855. The monoisotopic (exact) mass is 339 g/mol. The van der Waals surface area contributed by atoms with Crippen molar-refractivity contribution in [3.63, 3.8) is 0 Å². The van der Waals surface area contributed by atoms with E-state index in [1.54, 1.807) is 29.5 Å². The maximum atomic E-state index is 10.9. The van der Waals surface area contributed by atoms with Gasteiger partial charge in [-0.25, -0.2) is 4.79 Å². The van der Waals surface area contributed by atoms with E-state index in [1.165, 1.54) is 5.56 Å². The first kappa shape index (κ1) is 14.1. The molecule has 0 amide bonds. The van der Waals surface area contributed by atoms with Crippen molar-refractivity contribution in [2.45, 2.75) is 19.4 Å². The fourth-order valence-corrected chi connectivity index (χ4v) is 3.02. The molecule has 1 heterocycles. The Morgan fingerprint density at radius 2 is 2.26 bits per heavy atom. The van der Waals surface area contributed by atoms with Gasteiger partial charge in [-0.1, -0.05) is 0 Å². The molecule has 19 heavy (non-hydrogen) atoms. The molecule has 0 aliphatic heterocycles. The number of carbonyl (C=O) groups is 1. The van der Waals surface area contributed by atoms with Crippen molar-refractivity contribution in [1.82, 2.24) is 0 Å². The number of carboxylic acids is 1. The third kappa shape index (κ3) is 3.81. The number of benzene rings is 1. The highest BCUT2D eigenvalue weighted by molar-refractivity contribution is 9.10. The predicted molar refractivity (Wildman–Crippen MR) is 82.2 cm³/mol. The van der Waals surface area contributed by atoms with Crippen LogP contribution in [-0.2, 0) is 6.42 Å². The molecule has 0 saturated carbocycles. The SMILES string of the molecule is CC(Cc1ccsc1)Nc1ccc(C(=O)O)cc1Br. The predicted octanol–water partition coefficient (Wildman–Crippen LogP) is 4.25. The average Bonchev–Trinajstić information content (AvgIpc) is 2.84. The maximum Gasteiger partial charge on any atom is 0.335 e. The van der Waals surface area contributed by atoms with Crippen LogP contribution in [0.25, 0.3) is 0 Å². The molecule has 2 aromatic rings. The molecule has 100 valence electrons. The van der Waals surface area contributed by atoms with Crippen molar-refractivity contribution in [3.8, 4) is 0 Å².